The molecule has 1 rings (SSSR count). The lowest BCUT2D eigenvalue weighted by Crippen LogP contribution is -2.22. The van der Waals surface area contributed by atoms with Crippen molar-refractivity contribution >= 4 is 23.6 Å². The summed E-state index contributed by atoms with van der Waals surface area (Å²) in [7, 11) is 0. The van der Waals surface area contributed by atoms with Crippen LogP contribution in [0.2, 0.25) is 5.02 Å². The predicted molar refractivity (Wildman–Crippen MR) is 65.2 cm³/mol. The van der Waals surface area contributed by atoms with Gasteiger partial charge in [0.15, 0.2) is 0 Å². The molecule has 0 fully saturated rings. The van der Waals surface area contributed by atoms with E-state index in [0.29, 0.717) is 13.0 Å². The Kier molecular flexibility index (Phi) is 5.66. The summed E-state index contributed by atoms with van der Waals surface area (Å²) < 4.78 is 13.3. The molecule has 3 nitrogen and oxygen atoms in total. The maximum Gasteiger partial charge on any atom is 0.244 e. The van der Waals surface area contributed by atoms with Gasteiger partial charge in [0.05, 0.1) is 5.02 Å². The molecule has 17 heavy (non-hydrogen) atoms. The number of amides is 1. The third-order valence-corrected chi connectivity index (χ3v) is 2.36. The van der Waals surface area contributed by atoms with Crippen molar-refractivity contribution in [3.8, 4) is 0 Å². The largest absolute Gasteiger partial charge is 0.396 e. The highest BCUT2D eigenvalue weighted by atomic mass is 35.5. The highest BCUT2D eigenvalue weighted by Crippen LogP contribution is 2.20. The van der Waals surface area contributed by atoms with E-state index in [4.69, 9.17) is 16.7 Å². The summed E-state index contributed by atoms with van der Waals surface area (Å²) in [6.07, 6.45) is 3.02. The molecule has 0 heterocycles. The number of nitrogens with one attached hydrogen (secondary N) is 1. The van der Waals surface area contributed by atoms with Gasteiger partial charge in [0.2, 0.25) is 5.91 Å². The van der Waals surface area contributed by atoms with E-state index in [-0.39, 0.29) is 23.1 Å². The van der Waals surface area contributed by atoms with Crippen LogP contribution in [-0.2, 0) is 4.79 Å². The van der Waals surface area contributed by atoms with Crippen LogP contribution < -0.4 is 5.32 Å². The molecule has 0 unspecified atom stereocenters. The topological polar surface area (TPSA) is 49.3 Å². The van der Waals surface area contributed by atoms with E-state index in [1.54, 1.807) is 6.07 Å². The summed E-state index contributed by atoms with van der Waals surface area (Å²) in [4.78, 5) is 11.3. The number of aliphatic hydroxyl groups is 1. The number of rotatable bonds is 5. The maximum atomic E-state index is 13.3. The zero-order valence-electron chi connectivity index (χ0n) is 9.12. The standard InChI is InChI=1S/C12H13ClFNO2/c13-10-3-1-4-11(14)9(10)5-6-12(17)15-7-2-8-16/h1,3-6,16H,2,7-8H2,(H,15,17)/b6-5+. The number of aliphatic hydroxyl groups excluding tert-OH is 1. The van der Waals surface area contributed by atoms with Gasteiger partial charge >= 0.3 is 0 Å². The molecule has 2 N–H and O–H groups in total. The number of benzene rings is 1. The Labute approximate surface area is 104 Å². The first-order chi connectivity index (χ1) is 8.15. The smallest absolute Gasteiger partial charge is 0.244 e. The molecular formula is C12H13ClFNO2. The Bertz CT molecular complexity index is 401. The van der Waals surface area contributed by atoms with Crippen molar-refractivity contribution in [1.29, 1.82) is 0 Å². The Balaban J connectivity index is 2.61. The first kappa shape index (κ1) is 13.7. The van der Waals surface area contributed by atoms with Crippen LogP contribution in [0.4, 0.5) is 4.39 Å². The van der Waals surface area contributed by atoms with Gasteiger partial charge < -0.3 is 10.4 Å². The fraction of sp³-hybridized carbons (Fsp3) is 0.250. The van der Waals surface area contributed by atoms with Crippen LogP contribution in [-0.4, -0.2) is 24.2 Å². The normalized spacial score (nSPS) is 10.8. The highest BCUT2D eigenvalue weighted by molar-refractivity contribution is 6.32. The lowest BCUT2D eigenvalue weighted by atomic mass is 10.2. The predicted octanol–water partition coefficient (Wildman–Crippen LogP) is 1.99. The second-order valence-electron chi connectivity index (χ2n) is 3.34. The minimum Gasteiger partial charge on any atom is -0.396 e. The van der Waals surface area contributed by atoms with Crippen LogP contribution in [0.3, 0.4) is 0 Å². The van der Waals surface area contributed by atoms with Gasteiger partial charge in [-0.3, -0.25) is 4.79 Å². The summed E-state index contributed by atoms with van der Waals surface area (Å²) in [5, 5.41) is 11.3. The van der Waals surface area contributed by atoms with E-state index in [2.05, 4.69) is 5.32 Å². The van der Waals surface area contributed by atoms with E-state index in [9.17, 15) is 9.18 Å². The molecule has 92 valence electrons. The van der Waals surface area contributed by atoms with Crippen molar-refractivity contribution in [2.75, 3.05) is 13.2 Å². The molecule has 0 bridgehead atoms. The summed E-state index contributed by atoms with van der Waals surface area (Å²) in [5.41, 5.74) is 0.187. The van der Waals surface area contributed by atoms with Crippen molar-refractivity contribution in [2.24, 2.45) is 0 Å². The average molecular weight is 258 g/mol. The molecule has 0 radical (unpaired) electrons. The number of hydrogen-bond acceptors (Lipinski definition) is 2. The van der Waals surface area contributed by atoms with Crippen molar-refractivity contribution in [2.45, 2.75) is 6.42 Å². The molecule has 0 saturated heterocycles. The van der Waals surface area contributed by atoms with Crippen molar-refractivity contribution in [3.63, 3.8) is 0 Å². The summed E-state index contributed by atoms with van der Waals surface area (Å²) in [6.45, 7) is 0.397. The molecule has 1 aromatic carbocycles. The minimum absolute atomic E-state index is 0.0170. The highest BCUT2D eigenvalue weighted by Gasteiger charge is 2.03. The van der Waals surface area contributed by atoms with Crippen molar-refractivity contribution in [1.82, 2.24) is 5.32 Å². The quantitative estimate of drug-likeness (QED) is 0.626. The molecule has 0 aliphatic rings. The van der Waals surface area contributed by atoms with Crippen molar-refractivity contribution in [3.05, 3.63) is 40.7 Å². The zero-order chi connectivity index (χ0) is 12.7. The number of halogens is 2. The summed E-state index contributed by atoms with van der Waals surface area (Å²) in [5.74, 6) is -0.824. The van der Waals surface area contributed by atoms with Gasteiger partial charge in [0.25, 0.3) is 0 Å². The van der Waals surface area contributed by atoms with Crippen LogP contribution in [0.15, 0.2) is 24.3 Å². The van der Waals surface area contributed by atoms with Gasteiger partial charge in [-0.2, -0.15) is 0 Å². The van der Waals surface area contributed by atoms with Crippen LogP contribution in [0.25, 0.3) is 6.08 Å². The first-order valence-electron chi connectivity index (χ1n) is 5.16. The van der Waals surface area contributed by atoms with Gasteiger partial charge in [-0.1, -0.05) is 17.7 Å². The SMILES string of the molecule is O=C(/C=C/c1c(F)cccc1Cl)NCCCO. The molecule has 1 aromatic rings. The fourth-order valence-electron chi connectivity index (χ4n) is 1.18. The van der Waals surface area contributed by atoms with Gasteiger partial charge in [0, 0.05) is 24.8 Å². The lowest BCUT2D eigenvalue weighted by Gasteiger charge is -2.01. The van der Waals surface area contributed by atoms with E-state index < -0.39 is 5.82 Å². The van der Waals surface area contributed by atoms with Crippen LogP contribution in [0, 0.1) is 5.82 Å². The summed E-state index contributed by atoms with van der Waals surface area (Å²) in [6, 6.07) is 4.32. The average Bonchev–Trinajstić information content (AvgIpc) is 2.29. The Morgan fingerprint density at radius 1 is 1.53 bits per heavy atom. The van der Waals surface area contributed by atoms with Gasteiger partial charge in [-0.25, -0.2) is 4.39 Å². The van der Waals surface area contributed by atoms with Crippen LogP contribution in [0.5, 0.6) is 0 Å². The Morgan fingerprint density at radius 2 is 2.29 bits per heavy atom. The van der Waals surface area contributed by atoms with Gasteiger partial charge in [-0.15, -0.1) is 0 Å². The minimum atomic E-state index is -0.475. The van der Waals surface area contributed by atoms with E-state index in [1.807, 2.05) is 0 Å². The third-order valence-electron chi connectivity index (χ3n) is 2.04. The molecule has 0 spiro atoms. The van der Waals surface area contributed by atoms with Gasteiger partial charge in [-0.05, 0) is 24.6 Å². The molecule has 0 aliphatic heterocycles. The van der Waals surface area contributed by atoms with Gasteiger partial charge in [0.1, 0.15) is 5.82 Å². The lowest BCUT2D eigenvalue weighted by molar-refractivity contribution is -0.116. The Morgan fingerprint density at radius 3 is 2.94 bits per heavy atom. The molecule has 0 saturated carbocycles. The number of carbonyl (C=O) groups is 1. The molecule has 0 aromatic heterocycles. The number of hydrogen-bond donors (Lipinski definition) is 2. The van der Waals surface area contributed by atoms with E-state index in [1.165, 1.54) is 24.3 Å². The molecule has 0 aliphatic carbocycles. The molecule has 1 amide bonds. The zero-order valence-corrected chi connectivity index (χ0v) is 9.88. The second kappa shape index (κ2) is 7.04. The van der Waals surface area contributed by atoms with Crippen LogP contribution in [0.1, 0.15) is 12.0 Å². The second-order valence-corrected chi connectivity index (χ2v) is 3.74. The number of carbonyl (C=O) groups excluding carboxylic acids is 1. The Hall–Kier alpha value is -1.39. The first-order valence-corrected chi connectivity index (χ1v) is 5.53. The van der Waals surface area contributed by atoms with Crippen molar-refractivity contribution < 1.29 is 14.3 Å². The van der Waals surface area contributed by atoms with E-state index in [0.717, 1.165) is 0 Å². The fourth-order valence-corrected chi connectivity index (χ4v) is 1.40. The van der Waals surface area contributed by atoms with E-state index >= 15 is 0 Å². The molecular weight excluding hydrogens is 245 g/mol. The maximum absolute atomic E-state index is 13.3. The third kappa shape index (κ3) is 4.54. The monoisotopic (exact) mass is 257 g/mol. The summed E-state index contributed by atoms with van der Waals surface area (Å²) >= 11 is 5.78. The van der Waals surface area contributed by atoms with Crippen LogP contribution >= 0.6 is 11.6 Å². The molecule has 5 heteroatoms. The molecule has 0 atom stereocenters.